The van der Waals surface area contributed by atoms with Crippen LogP contribution in [0.15, 0.2) is 35.3 Å². The van der Waals surface area contributed by atoms with Gasteiger partial charge in [-0.15, -0.1) is 0 Å². The second kappa shape index (κ2) is 11.4. The topological polar surface area (TPSA) is 57.1 Å². The van der Waals surface area contributed by atoms with Gasteiger partial charge in [0, 0.05) is 30.6 Å². The Morgan fingerprint density at radius 1 is 1.40 bits per heavy atom. The number of aliphatic imine (C=N–C) groups is 1. The van der Waals surface area contributed by atoms with Crippen molar-refractivity contribution in [3.05, 3.63) is 35.9 Å². The Balaban J connectivity index is 1.78. The van der Waals surface area contributed by atoms with E-state index in [1.807, 2.05) is 42.1 Å². The van der Waals surface area contributed by atoms with Crippen molar-refractivity contribution < 1.29 is 9.84 Å². The molecule has 0 amide bonds. The quantitative estimate of drug-likeness (QED) is 0.547. The lowest BCUT2D eigenvalue weighted by molar-refractivity contribution is 0.0330. The first-order valence-corrected chi connectivity index (χ1v) is 10.2. The number of hydrogen-bond donors (Lipinski definition) is 2. The number of aliphatic hydroxyl groups excluding tert-OH is 1. The number of thioether (sulfide) groups is 1. The van der Waals surface area contributed by atoms with Gasteiger partial charge in [-0.2, -0.15) is 11.8 Å². The van der Waals surface area contributed by atoms with Crippen LogP contribution in [-0.2, 0) is 11.3 Å². The number of aliphatic hydroxyl groups is 1. The van der Waals surface area contributed by atoms with Crippen LogP contribution >= 0.6 is 11.8 Å². The molecule has 0 saturated carbocycles. The third-order valence-corrected chi connectivity index (χ3v) is 5.47. The van der Waals surface area contributed by atoms with Crippen LogP contribution in [-0.4, -0.2) is 65.9 Å². The SMILES string of the molecule is CCNC(=NCC(O)COCc1ccccc1)N1CCSC(CC)C1. The van der Waals surface area contributed by atoms with E-state index in [2.05, 4.69) is 29.1 Å². The molecule has 5 nitrogen and oxygen atoms in total. The first-order valence-electron chi connectivity index (χ1n) is 9.17. The fraction of sp³-hybridized carbons (Fsp3) is 0.632. The van der Waals surface area contributed by atoms with Gasteiger partial charge in [0.05, 0.1) is 25.9 Å². The van der Waals surface area contributed by atoms with Crippen molar-refractivity contribution in [3.63, 3.8) is 0 Å². The van der Waals surface area contributed by atoms with Gasteiger partial charge in [-0.3, -0.25) is 4.99 Å². The summed E-state index contributed by atoms with van der Waals surface area (Å²) >= 11 is 2.04. The minimum absolute atomic E-state index is 0.297. The molecule has 1 aliphatic rings. The van der Waals surface area contributed by atoms with Crippen molar-refractivity contribution in [1.29, 1.82) is 0 Å². The normalized spacial score (nSPS) is 19.7. The van der Waals surface area contributed by atoms with Crippen molar-refractivity contribution in [1.82, 2.24) is 10.2 Å². The summed E-state index contributed by atoms with van der Waals surface area (Å²) in [5, 5.41) is 14.2. The van der Waals surface area contributed by atoms with E-state index in [1.165, 1.54) is 6.42 Å². The Labute approximate surface area is 155 Å². The summed E-state index contributed by atoms with van der Waals surface area (Å²) in [6.45, 7) is 8.34. The highest BCUT2D eigenvalue weighted by Crippen LogP contribution is 2.21. The van der Waals surface area contributed by atoms with Crippen molar-refractivity contribution in [2.45, 2.75) is 38.2 Å². The minimum atomic E-state index is -0.585. The first-order chi connectivity index (χ1) is 12.2. The van der Waals surface area contributed by atoms with Crippen molar-refractivity contribution >= 4 is 17.7 Å². The first kappa shape index (κ1) is 20.1. The van der Waals surface area contributed by atoms with Gasteiger partial charge in [-0.25, -0.2) is 0 Å². The molecule has 6 heteroatoms. The molecule has 1 aromatic rings. The van der Waals surface area contributed by atoms with Gasteiger partial charge in [-0.1, -0.05) is 37.3 Å². The number of rotatable bonds is 8. The van der Waals surface area contributed by atoms with Gasteiger partial charge >= 0.3 is 0 Å². The molecule has 1 fully saturated rings. The van der Waals surface area contributed by atoms with E-state index >= 15 is 0 Å². The molecular formula is C19H31N3O2S. The fourth-order valence-electron chi connectivity index (χ4n) is 2.72. The van der Waals surface area contributed by atoms with E-state index in [0.29, 0.717) is 25.0 Å². The molecule has 0 bridgehead atoms. The molecule has 25 heavy (non-hydrogen) atoms. The van der Waals surface area contributed by atoms with E-state index in [9.17, 15) is 5.11 Å². The highest BCUT2D eigenvalue weighted by Gasteiger charge is 2.21. The van der Waals surface area contributed by atoms with Gasteiger partial charge in [0.1, 0.15) is 0 Å². The largest absolute Gasteiger partial charge is 0.389 e. The Hall–Kier alpha value is -1.24. The molecular weight excluding hydrogens is 334 g/mol. The van der Waals surface area contributed by atoms with Crippen LogP contribution in [0.1, 0.15) is 25.8 Å². The van der Waals surface area contributed by atoms with Gasteiger partial charge in [0.15, 0.2) is 5.96 Å². The molecule has 1 aromatic carbocycles. The highest BCUT2D eigenvalue weighted by molar-refractivity contribution is 8.00. The zero-order chi connectivity index (χ0) is 17.9. The lowest BCUT2D eigenvalue weighted by atomic mass is 10.2. The summed E-state index contributed by atoms with van der Waals surface area (Å²) in [6.07, 6.45) is 0.592. The third-order valence-electron chi connectivity index (χ3n) is 4.10. The number of nitrogens with one attached hydrogen (secondary N) is 1. The molecule has 0 aliphatic carbocycles. The van der Waals surface area contributed by atoms with Gasteiger partial charge in [-0.05, 0) is 18.9 Å². The summed E-state index contributed by atoms with van der Waals surface area (Å²) < 4.78 is 5.60. The predicted molar refractivity (Wildman–Crippen MR) is 106 cm³/mol. The summed E-state index contributed by atoms with van der Waals surface area (Å²) in [5.74, 6) is 2.04. The number of benzene rings is 1. The van der Waals surface area contributed by atoms with Crippen LogP contribution in [0.4, 0.5) is 0 Å². The van der Waals surface area contributed by atoms with E-state index < -0.39 is 6.10 Å². The maximum atomic E-state index is 10.2. The number of guanidine groups is 1. The van der Waals surface area contributed by atoms with Crippen molar-refractivity contribution in [2.24, 2.45) is 4.99 Å². The number of ether oxygens (including phenoxy) is 1. The van der Waals surface area contributed by atoms with E-state index in [-0.39, 0.29) is 0 Å². The minimum Gasteiger partial charge on any atom is -0.389 e. The van der Waals surface area contributed by atoms with E-state index in [1.54, 1.807) is 0 Å². The van der Waals surface area contributed by atoms with Crippen LogP contribution in [0.3, 0.4) is 0 Å². The second-order valence-corrected chi connectivity index (χ2v) is 7.60. The summed E-state index contributed by atoms with van der Waals surface area (Å²) in [5.41, 5.74) is 1.11. The predicted octanol–water partition coefficient (Wildman–Crippen LogP) is 2.36. The van der Waals surface area contributed by atoms with E-state index in [4.69, 9.17) is 4.74 Å². The van der Waals surface area contributed by atoms with Gasteiger partial charge in [0.2, 0.25) is 0 Å². The third kappa shape index (κ3) is 7.26. The van der Waals surface area contributed by atoms with Crippen LogP contribution in [0.2, 0.25) is 0 Å². The van der Waals surface area contributed by atoms with Crippen LogP contribution in [0.5, 0.6) is 0 Å². The van der Waals surface area contributed by atoms with Crippen LogP contribution in [0.25, 0.3) is 0 Å². The standard InChI is InChI=1S/C19H31N3O2S/c1-3-18-13-22(10-11-25-18)19(20-4-2)21-12-17(23)15-24-14-16-8-6-5-7-9-16/h5-9,17-18,23H,3-4,10-15H2,1-2H3,(H,20,21). The zero-order valence-electron chi connectivity index (χ0n) is 15.4. The van der Waals surface area contributed by atoms with Crippen molar-refractivity contribution in [2.75, 3.05) is 38.5 Å². The Bertz CT molecular complexity index is 513. The molecule has 2 rings (SSSR count). The summed E-state index contributed by atoms with van der Waals surface area (Å²) in [4.78, 5) is 6.93. The molecule has 0 aromatic heterocycles. The molecule has 2 N–H and O–H groups in total. The lowest BCUT2D eigenvalue weighted by Gasteiger charge is -2.34. The maximum absolute atomic E-state index is 10.2. The van der Waals surface area contributed by atoms with Crippen LogP contribution < -0.4 is 5.32 Å². The monoisotopic (exact) mass is 365 g/mol. The average Bonchev–Trinajstić information content (AvgIpc) is 2.66. The fourth-order valence-corrected chi connectivity index (χ4v) is 3.90. The number of nitrogens with zero attached hydrogens (tertiary/aromatic N) is 2. The Morgan fingerprint density at radius 2 is 2.20 bits per heavy atom. The van der Waals surface area contributed by atoms with Crippen LogP contribution in [0, 0.1) is 0 Å². The van der Waals surface area contributed by atoms with Gasteiger partial charge in [0.25, 0.3) is 0 Å². The average molecular weight is 366 g/mol. The highest BCUT2D eigenvalue weighted by atomic mass is 32.2. The molecule has 1 saturated heterocycles. The summed E-state index contributed by atoms with van der Waals surface area (Å²) in [7, 11) is 0. The molecule has 2 atom stereocenters. The molecule has 1 heterocycles. The van der Waals surface area contributed by atoms with E-state index in [0.717, 1.165) is 36.9 Å². The molecule has 0 radical (unpaired) electrons. The zero-order valence-corrected chi connectivity index (χ0v) is 16.2. The Morgan fingerprint density at radius 3 is 2.92 bits per heavy atom. The molecule has 1 aliphatic heterocycles. The van der Waals surface area contributed by atoms with Crippen molar-refractivity contribution in [3.8, 4) is 0 Å². The Kier molecular flexibility index (Phi) is 9.15. The molecule has 2 unspecified atom stereocenters. The smallest absolute Gasteiger partial charge is 0.194 e. The van der Waals surface area contributed by atoms with Gasteiger partial charge < -0.3 is 20.1 Å². The maximum Gasteiger partial charge on any atom is 0.194 e. The molecule has 140 valence electrons. The second-order valence-electron chi connectivity index (χ2n) is 6.20. The number of hydrogen-bond acceptors (Lipinski definition) is 4. The lowest BCUT2D eigenvalue weighted by Crippen LogP contribution is -2.48. The molecule has 0 spiro atoms. The summed E-state index contributed by atoms with van der Waals surface area (Å²) in [6, 6.07) is 10.0.